The van der Waals surface area contributed by atoms with Gasteiger partial charge in [0.2, 0.25) is 0 Å². The van der Waals surface area contributed by atoms with Crippen molar-refractivity contribution >= 4 is 51.9 Å². The van der Waals surface area contributed by atoms with Crippen molar-refractivity contribution in [2.45, 2.75) is 45.1 Å². The summed E-state index contributed by atoms with van der Waals surface area (Å²) >= 11 is 2.01. The van der Waals surface area contributed by atoms with E-state index in [0.29, 0.717) is 11.0 Å². The summed E-state index contributed by atoms with van der Waals surface area (Å²) in [7, 11) is -0.703. The van der Waals surface area contributed by atoms with E-state index in [-0.39, 0.29) is 11.8 Å². The van der Waals surface area contributed by atoms with E-state index in [1.54, 1.807) is 12.1 Å². The molecule has 1 aromatic carbocycles. The van der Waals surface area contributed by atoms with Crippen LogP contribution in [-0.4, -0.2) is 27.9 Å². The van der Waals surface area contributed by atoms with Gasteiger partial charge in [0.1, 0.15) is 0 Å². The lowest BCUT2D eigenvalue weighted by Gasteiger charge is -2.32. The number of hydrogen-bond acceptors (Lipinski definition) is 3. The maximum absolute atomic E-state index is 13.3. The van der Waals surface area contributed by atoms with Gasteiger partial charge >= 0.3 is 13.3 Å². The Bertz CT molecular complexity index is 778. The quantitative estimate of drug-likeness (QED) is 0.377. The van der Waals surface area contributed by atoms with Crippen LogP contribution in [0.4, 0.5) is 13.2 Å². The summed E-state index contributed by atoms with van der Waals surface area (Å²) < 4.78 is 53.1. The molecule has 1 saturated heterocycles. The lowest BCUT2D eigenvalue weighted by atomic mass is 9.78. The minimum absolute atomic E-state index is 0.0684. The number of fused-ring (bicyclic) bond motifs is 1. The average molecular weight is 470 g/mol. The molecule has 130 valence electrons. The van der Waals surface area contributed by atoms with Crippen LogP contribution in [-0.2, 0) is 15.5 Å². The fraction of sp³-hybridized carbons (Fsp3) is 0.500. The molecule has 1 unspecified atom stereocenters. The van der Waals surface area contributed by atoms with Gasteiger partial charge in [0.05, 0.1) is 23.1 Å². The molecular formula is C14H16BF3IN2O2P. The molecule has 0 aliphatic carbocycles. The van der Waals surface area contributed by atoms with Gasteiger partial charge in [-0.1, -0.05) is 12.1 Å². The Balaban J connectivity index is 2.09. The largest absolute Gasteiger partial charge is 0.494 e. The molecule has 24 heavy (non-hydrogen) atoms. The zero-order valence-electron chi connectivity index (χ0n) is 13.5. The van der Waals surface area contributed by atoms with E-state index in [0.717, 1.165) is 0 Å². The van der Waals surface area contributed by atoms with Crippen LogP contribution in [0.25, 0.3) is 10.9 Å². The van der Waals surface area contributed by atoms with E-state index < -0.39 is 30.2 Å². The fourth-order valence-electron chi connectivity index (χ4n) is 2.54. The summed E-state index contributed by atoms with van der Waals surface area (Å²) in [5.74, 6) is 0. The highest BCUT2D eigenvalue weighted by Crippen LogP contribution is 2.39. The molecule has 0 amide bonds. The lowest BCUT2D eigenvalue weighted by molar-refractivity contribution is -0.140. The normalized spacial score (nSPS) is 20.6. The maximum Gasteiger partial charge on any atom is 0.494 e. The van der Waals surface area contributed by atoms with Crippen molar-refractivity contribution in [2.75, 3.05) is 0 Å². The van der Waals surface area contributed by atoms with Gasteiger partial charge in [0, 0.05) is 5.39 Å². The molecule has 1 atom stereocenters. The zero-order valence-corrected chi connectivity index (χ0v) is 16.7. The van der Waals surface area contributed by atoms with E-state index >= 15 is 0 Å². The molecule has 0 spiro atoms. The molecule has 1 aliphatic heterocycles. The number of hydrogen-bond donors (Lipinski definition) is 0. The van der Waals surface area contributed by atoms with Gasteiger partial charge in [0.25, 0.3) is 0 Å². The van der Waals surface area contributed by atoms with Crippen molar-refractivity contribution in [1.82, 2.24) is 9.55 Å². The number of rotatable bonds is 2. The van der Waals surface area contributed by atoms with Crippen LogP contribution in [0, 0.1) is 0 Å². The second-order valence-electron chi connectivity index (χ2n) is 6.71. The van der Waals surface area contributed by atoms with Crippen molar-refractivity contribution in [2.24, 2.45) is 0 Å². The van der Waals surface area contributed by atoms with Crippen LogP contribution in [0.1, 0.15) is 33.4 Å². The Hall–Kier alpha value is -0.375. The first-order valence-electron chi connectivity index (χ1n) is 7.28. The molecule has 0 saturated carbocycles. The summed E-state index contributed by atoms with van der Waals surface area (Å²) in [4.78, 5) is 0. The van der Waals surface area contributed by atoms with Gasteiger partial charge in [-0.05, 0) is 61.3 Å². The molecule has 10 heteroatoms. The molecule has 1 aliphatic rings. The van der Waals surface area contributed by atoms with Gasteiger partial charge in [0.15, 0.2) is 5.69 Å². The molecule has 1 fully saturated rings. The van der Waals surface area contributed by atoms with E-state index in [1.165, 1.54) is 10.5 Å². The first-order chi connectivity index (χ1) is 11.0. The highest BCUT2D eigenvalue weighted by molar-refractivity contribution is 14.2. The van der Waals surface area contributed by atoms with E-state index in [9.17, 15) is 13.2 Å². The lowest BCUT2D eigenvalue weighted by Crippen LogP contribution is -2.41. The number of alkyl halides is 3. The third-order valence-corrected chi connectivity index (χ3v) is 6.45. The topological polar surface area (TPSA) is 36.3 Å². The SMILES string of the molecule is CC1(C)OB(c2ccc3c(c2)c(C(F)(F)F)nn3PI)OC1(C)C. The Morgan fingerprint density at radius 3 is 2.25 bits per heavy atom. The van der Waals surface area contributed by atoms with Crippen LogP contribution < -0.4 is 5.46 Å². The van der Waals surface area contributed by atoms with Crippen molar-refractivity contribution < 1.29 is 22.5 Å². The summed E-state index contributed by atoms with van der Waals surface area (Å²) in [6.45, 7) is 7.62. The van der Waals surface area contributed by atoms with Crippen LogP contribution >= 0.6 is 28.4 Å². The van der Waals surface area contributed by atoms with Gasteiger partial charge < -0.3 is 9.31 Å². The Labute approximate surface area is 152 Å². The van der Waals surface area contributed by atoms with Crippen LogP contribution in [0.2, 0.25) is 0 Å². The van der Waals surface area contributed by atoms with Gasteiger partial charge in [-0.15, -0.1) is 0 Å². The van der Waals surface area contributed by atoms with Crippen molar-refractivity contribution in [3.05, 3.63) is 23.9 Å². The number of nitrogens with zero attached hydrogens (tertiary/aromatic N) is 2. The van der Waals surface area contributed by atoms with E-state index in [2.05, 4.69) is 5.10 Å². The number of benzene rings is 1. The Kier molecular flexibility index (Phi) is 4.47. The summed E-state index contributed by atoms with van der Waals surface area (Å²) in [6, 6.07) is 4.85. The standard InChI is InChI=1S/C14H16BF3IN2O2P/c1-12(2)13(3,4)23-15(22-12)8-5-6-10-9(7-8)11(14(16,17)18)20-21(10)24-19/h5-7,24H,1-4H3. The van der Waals surface area contributed by atoms with E-state index in [4.69, 9.17) is 9.31 Å². The highest BCUT2D eigenvalue weighted by Gasteiger charge is 2.52. The fourth-order valence-corrected chi connectivity index (χ4v) is 4.06. The van der Waals surface area contributed by atoms with Crippen LogP contribution in [0.3, 0.4) is 0 Å². The second kappa shape index (κ2) is 5.82. The smallest absolute Gasteiger partial charge is 0.399 e. The van der Waals surface area contributed by atoms with Crippen LogP contribution in [0.15, 0.2) is 18.2 Å². The molecule has 0 radical (unpaired) electrons. The zero-order chi connectivity index (χ0) is 17.9. The van der Waals surface area contributed by atoms with Gasteiger partial charge in [-0.2, -0.15) is 18.3 Å². The molecule has 1 aromatic heterocycles. The molecular weight excluding hydrogens is 454 g/mol. The average Bonchev–Trinajstić information content (AvgIpc) is 2.92. The second-order valence-corrected chi connectivity index (χ2v) is 8.75. The van der Waals surface area contributed by atoms with Gasteiger partial charge in [-0.3, -0.25) is 0 Å². The minimum atomic E-state index is -4.51. The third kappa shape index (κ3) is 2.97. The van der Waals surface area contributed by atoms with Crippen molar-refractivity contribution in [1.29, 1.82) is 0 Å². The highest BCUT2D eigenvalue weighted by atomic mass is 127. The predicted octanol–water partition coefficient (Wildman–Crippen LogP) is 4.15. The molecule has 3 rings (SSSR count). The Morgan fingerprint density at radius 1 is 1.17 bits per heavy atom. The summed E-state index contributed by atoms with van der Waals surface area (Å²) in [5, 5.41) is 3.79. The Morgan fingerprint density at radius 2 is 1.75 bits per heavy atom. The van der Waals surface area contributed by atoms with Crippen molar-refractivity contribution in [3.63, 3.8) is 0 Å². The molecule has 0 bridgehead atoms. The summed E-state index contributed by atoms with van der Waals surface area (Å²) in [5.41, 5.74) is -0.959. The maximum atomic E-state index is 13.3. The first kappa shape index (κ1) is 18.4. The minimum Gasteiger partial charge on any atom is -0.399 e. The van der Waals surface area contributed by atoms with E-state index in [1.807, 2.05) is 49.7 Å². The molecule has 2 heterocycles. The number of halogens is 4. The van der Waals surface area contributed by atoms with Gasteiger partial charge in [-0.25, -0.2) is 4.45 Å². The molecule has 2 aromatic rings. The number of aromatic nitrogens is 2. The molecule has 4 nitrogen and oxygen atoms in total. The van der Waals surface area contributed by atoms with Crippen LogP contribution in [0.5, 0.6) is 0 Å². The third-order valence-electron chi connectivity index (χ3n) is 4.58. The van der Waals surface area contributed by atoms with Crippen molar-refractivity contribution in [3.8, 4) is 0 Å². The molecule has 0 N–H and O–H groups in total. The summed E-state index contributed by atoms with van der Waals surface area (Å²) in [6.07, 6.45) is -4.42. The monoisotopic (exact) mass is 470 g/mol. The first-order valence-corrected chi connectivity index (χ1v) is 11.3. The predicted molar refractivity (Wildman–Crippen MR) is 98.2 cm³/mol.